The van der Waals surface area contributed by atoms with E-state index in [9.17, 15) is 9.90 Å². The molecule has 0 aliphatic heterocycles. The van der Waals surface area contributed by atoms with Gasteiger partial charge in [0.15, 0.2) is 0 Å². The summed E-state index contributed by atoms with van der Waals surface area (Å²) < 4.78 is 0. The molecule has 0 heterocycles. The molecule has 0 radical (unpaired) electrons. The van der Waals surface area contributed by atoms with Crippen LogP contribution in [0.3, 0.4) is 0 Å². The standard InChI is InChI=1S/C6H13NO2.Li/c1-4(2)6(3,7)5(8)9;/h4H,7H2,1-3H3,(H,8,9);/q;+1/p-1/t6-;/m0./s1. The third-order valence-electron chi connectivity index (χ3n) is 1.64. The van der Waals surface area contributed by atoms with E-state index in [0.29, 0.717) is 0 Å². The van der Waals surface area contributed by atoms with Gasteiger partial charge in [0.05, 0.1) is 11.5 Å². The fraction of sp³-hybridized carbons (Fsp3) is 0.833. The van der Waals surface area contributed by atoms with Gasteiger partial charge in [-0.05, 0) is 12.8 Å². The molecule has 3 nitrogen and oxygen atoms in total. The van der Waals surface area contributed by atoms with Crippen LogP contribution in [0.2, 0.25) is 0 Å². The predicted molar refractivity (Wildman–Crippen MR) is 32.4 cm³/mol. The molecule has 0 saturated carbocycles. The number of carbonyl (C=O) groups is 1. The summed E-state index contributed by atoms with van der Waals surface area (Å²) in [6.07, 6.45) is 0. The normalized spacial score (nSPS) is 15.7. The summed E-state index contributed by atoms with van der Waals surface area (Å²) in [7, 11) is 0. The molecular weight excluding hydrogens is 125 g/mol. The van der Waals surface area contributed by atoms with Crippen LogP contribution < -0.4 is 29.7 Å². The summed E-state index contributed by atoms with van der Waals surface area (Å²) in [6.45, 7) is 4.94. The van der Waals surface area contributed by atoms with E-state index in [1.165, 1.54) is 6.92 Å². The second-order valence-electron chi connectivity index (χ2n) is 2.72. The molecule has 0 spiro atoms. The molecule has 0 aromatic rings. The van der Waals surface area contributed by atoms with Gasteiger partial charge in [0, 0.05) is 0 Å². The Hall–Kier alpha value is 0.0274. The van der Waals surface area contributed by atoms with Crippen molar-refractivity contribution in [3.05, 3.63) is 0 Å². The zero-order chi connectivity index (χ0) is 7.65. The summed E-state index contributed by atoms with van der Waals surface area (Å²) in [4.78, 5) is 10.2. The molecule has 0 aliphatic rings. The van der Waals surface area contributed by atoms with Crippen LogP contribution in [0.5, 0.6) is 0 Å². The fourth-order valence-electron chi connectivity index (χ4n) is 0.236. The maximum atomic E-state index is 10.2. The van der Waals surface area contributed by atoms with Crippen molar-refractivity contribution in [3.63, 3.8) is 0 Å². The van der Waals surface area contributed by atoms with Crippen LogP contribution in [0.15, 0.2) is 0 Å². The molecule has 1 atom stereocenters. The summed E-state index contributed by atoms with van der Waals surface area (Å²) >= 11 is 0. The second kappa shape index (κ2) is 4.02. The van der Waals surface area contributed by atoms with Crippen molar-refractivity contribution < 1.29 is 28.8 Å². The molecule has 0 unspecified atom stereocenters. The summed E-state index contributed by atoms with van der Waals surface area (Å²) in [6, 6.07) is 0. The van der Waals surface area contributed by atoms with Gasteiger partial charge in [-0.3, -0.25) is 0 Å². The summed E-state index contributed by atoms with van der Waals surface area (Å²) in [5.74, 6) is -1.29. The maximum Gasteiger partial charge on any atom is 1.00 e. The zero-order valence-corrected chi connectivity index (χ0v) is 6.97. The van der Waals surface area contributed by atoms with Crippen LogP contribution in [0.4, 0.5) is 0 Å². The van der Waals surface area contributed by atoms with Crippen LogP contribution in [0.25, 0.3) is 0 Å². The number of aliphatic carboxylic acids is 1. The van der Waals surface area contributed by atoms with Gasteiger partial charge in [0.25, 0.3) is 0 Å². The molecule has 54 valence electrons. The van der Waals surface area contributed by atoms with E-state index in [4.69, 9.17) is 5.73 Å². The number of carbonyl (C=O) groups excluding carboxylic acids is 1. The van der Waals surface area contributed by atoms with Gasteiger partial charge in [-0.1, -0.05) is 13.8 Å². The Morgan fingerprint density at radius 3 is 1.90 bits per heavy atom. The fourth-order valence-corrected chi connectivity index (χ4v) is 0.236. The Bertz CT molecular complexity index is 123. The Morgan fingerprint density at radius 1 is 1.60 bits per heavy atom. The van der Waals surface area contributed by atoms with Crippen molar-refractivity contribution >= 4 is 5.97 Å². The Morgan fingerprint density at radius 2 is 1.90 bits per heavy atom. The first kappa shape index (κ1) is 12.7. The molecule has 0 aromatic heterocycles. The average molecular weight is 137 g/mol. The zero-order valence-electron chi connectivity index (χ0n) is 6.97. The third-order valence-corrected chi connectivity index (χ3v) is 1.64. The van der Waals surface area contributed by atoms with E-state index in [0.717, 1.165) is 0 Å². The molecule has 10 heavy (non-hydrogen) atoms. The van der Waals surface area contributed by atoms with Crippen LogP contribution in [0.1, 0.15) is 20.8 Å². The molecule has 4 heteroatoms. The van der Waals surface area contributed by atoms with Crippen LogP contribution in [0, 0.1) is 5.92 Å². The number of carboxylic acid groups (broad SMARTS) is 1. The number of nitrogens with two attached hydrogens (primary N) is 1. The predicted octanol–water partition coefficient (Wildman–Crippen LogP) is -3.89. The van der Waals surface area contributed by atoms with Crippen LogP contribution in [-0.2, 0) is 4.79 Å². The van der Waals surface area contributed by atoms with Gasteiger partial charge in [-0.2, -0.15) is 0 Å². The quantitative estimate of drug-likeness (QED) is 0.396. The van der Waals surface area contributed by atoms with Gasteiger partial charge in [0.1, 0.15) is 0 Å². The van der Waals surface area contributed by atoms with E-state index >= 15 is 0 Å². The van der Waals surface area contributed by atoms with Gasteiger partial charge >= 0.3 is 18.9 Å². The average Bonchev–Trinajstić information content (AvgIpc) is 1.65. The van der Waals surface area contributed by atoms with Gasteiger partial charge in [-0.25, -0.2) is 0 Å². The first-order valence-electron chi connectivity index (χ1n) is 2.89. The minimum absolute atomic E-state index is 0. The van der Waals surface area contributed by atoms with Crippen molar-refractivity contribution in [3.8, 4) is 0 Å². The molecule has 0 amide bonds. The molecule has 0 aliphatic carbocycles. The second-order valence-corrected chi connectivity index (χ2v) is 2.72. The first-order chi connectivity index (χ1) is 3.89. The monoisotopic (exact) mass is 137 g/mol. The van der Waals surface area contributed by atoms with Crippen molar-refractivity contribution in [1.82, 2.24) is 0 Å². The van der Waals surface area contributed by atoms with Gasteiger partial charge in [-0.15, -0.1) is 0 Å². The molecule has 2 N–H and O–H groups in total. The summed E-state index contributed by atoms with van der Waals surface area (Å²) in [5.41, 5.74) is 4.15. The Labute approximate surface area is 73.2 Å². The summed E-state index contributed by atoms with van der Waals surface area (Å²) in [5, 5.41) is 10.2. The third kappa shape index (κ3) is 2.74. The molecular formula is C6H12LiNO2. The largest absolute Gasteiger partial charge is 1.00 e. The molecule has 0 fully saturated rings. The topological polar surface area (TPSA) is 66.2 Å². The Kier molecular flexibility index (Phi) is 5.10. The van der Waals surface area contributed by atoms with E-state index < -0.39 is 11.5 Å². The minimum Gasteiger partial charge on any atom is -0.548 e. The molecule has 0 saturated heterocycles. The van der Waals surface area contributed by atoms with E-state index in [1.54, 1.807) is 13.8 Å². The van der Waals surface area contributed by atoms with E-state index in [-0.39, 0.29) is 24.8 Å². The van der Waals surface area contributed by atoms with Gasteiger partial charge in [0.2, 0.25) is 0 Å². The van der Waals surface area contributed by atoms with Crippen LogP contribution in [-0.4, -0.2) is 11.5 Å². The first-order valence-corrected chi connectivity index (χ1v) is 2.89. The molecule has 0 bridgehead atoms. The van der Waals surface area contributed by atoms with Crippen molar-refractivity contribution in [1.29, 1.82) is 0 Å². The SMILES string of the molecule is CC(C)[C@](C)(N)C(=O)[O-].[Li+]. The number of hydrogen-bond donors (Lipinski definition) is 1. The maximum absolute atomic E-state index is 10.2. The Balaban J connectivity index is 0. The molecule has 0 rings (SSSR count). The number of hydrogen-bond acceptors (Lipinski definition) is 3. The van der Waals surface area contributed by atoms with Crippen LogP contribution >= 0.6 is 0 Å². The van der Waals surface area contributed by atoms with Gasteiger partial charge < -0.3 is 15.6 Å². The molecule has 0 aromatic carbocycles. The van der Waals surface area contributed by atoms with E-state index in [2.05, 4.69) is 0 Å². The van der Waals surface area contributed by atoms with E-state index in [1.807, 2.05) is 0 Å². The minimum atomic E-state index is -1.20. The van der Waals surface area contributed by atoms with Crippen molar-refractivity contribution in [2.45, 2.75) is 26.3 Å². The smallest absolute Gasteiger partial charge is 0.548 e. The number of carboxylic acids is 1. The number of rotatable bonds is 2. The van der Waals surface area contributed by atoms with Crippen molar-refractivity contribution in [2.24, 2.45) is 11.7 Å². The van der Waals surface area contributed by atoms with Crippen molar-refractivity contribution in [2.75, 3.05) is 0 Å².